The van der Waals surface area contributed by atoms with Gasteiger partial charge in [0.05, 0.1) is 12.1 Å². The molecule has 0 radical (unpaired) electrons. The molecule has 1 aliphatic rings. The average molecular weight is 263 g/mol. The molecule has 0 aromatic carbocycles. The molecule has 7 heteroatoms. The van der Waals surface area contributed by atoms with Gasteiger partial charge in [-0.15, -0.1) is 0 Å². The SMILES string of the molecule is COC1CCCC1n1c(=O)[nH]c(Cl)c(F)c1=O. The van der Waals surface area contributed by atoms with E-state index in [2.05, 4.69) is 4.98 Å². The van der Waals surface area contributed by atoms with Crippen LogP contribution in [0, 0.1) is 5.82 Å². The molecule has 1 N–H and O–H groups in total. The molecule has 0 saturated heterocycles. The number of aromatic amines is 1. The summed E-state index contributed by atoms with van der Waals surface area (Å²) in [6.07, 6.45) is 1.95. The highest BCUT2D eigenvalue weighted by Gasteiger charge is 2.31. The summed E-state index contributed by atoms with van der Waals surface area (Å²) < 4.78 is 19.4. The molecule has 94 valence electrons. The molecule has 1 aliphatic carbocycles. The fourth-order valence-corrected chi connectivity index (χ4v) is 2.44. The molecule has 0 aliphatic heterocycles. The number of ether oxygens (including phenoxy) is 1. The summed E-state index contributed by atoms with van der Waals surface area (Å²) in [5.41, 5.74) is -1.69. The van der Waals surface area contributed by atoms with Gasteiger partial charge in [0.25, 0.3) is 5.56 Å². The molecule has 1 aromatic heterocycles. The van der Waals surface area contributed by atoms with Crippen molar-refractivity contribution in [1.82, 2.24) is 9.55 Å². The first-order valence-electron chi connectivity index (χ1n) is 5.29. The molecule has 2 atom stereocenters. The van der Waals surface area contributed by atoms with Crippen LogP contribution in [0.25, 0.3) is 0 Å². The van der Waals surface area contributed by atoms with Crippen LogP contribution in [-0.4, -0.2) is 22.8 Å². The molecule has 1 aromatic rings. The molecule has 1 heterocycles. The number of aromatic nitrogens is 2. The number of hydrogen-bond donors (Lipinski definition) is 1. The summed E-state index contributed by atoms with van der Waals surface area (Å²) in [6.45, 7) is 0. The minimum absolute atomic E-state index is 0.241. The van der Waals surface area contributed by atoms with Gasteiger partial charge in [-0.1, -0.05) is 11.6 Å². The third kappa shape index (κ3) is 2.02. The molecule has 1 saturated carbocycles. The first-order valence-corrected chi connectivity index (χ1v) is 5.66. The van der Waals surface area contributed by atoms with Crippen molar-refractivity contribution in [3.8, 4) is 0 Å². The lowest BCUT2D eigenvalue weighted by atomic mass is 10.2. The Morgan fingerprint density at radius 1 is 1.47 bits per heavy atom. The zero-order valence-corrected chi connectivity index (χ0v) is 9.96. The summed E-state index contributed by atoms with van der Waals surface area (Å²) >= 11 is 5.39. The van der Waals surface area contributed by atoms with Gasteiger partial charge in [-0.2, -0.15) is 4.39 Å². The van der Waals surface area contributed by atoms with Crippen LogP contribution in [0.4, 0.5) is 4.39 Å². The molecule has 2 rings (SSSR count). The van der Waals surface area contributed by atoms with E-state index in [1.807, 2.05) is 0 Å². The van der Waals surface area contributed by atoms with E-state index in [4.69, 9.17) is 16.3 Å². The van der Waals surface area contributed by atoms with Gasteiger partial charge >= 0.3 is 5.69 Å². The summed E-state index contributed by atoms with van der Waals surface area (Å²) in [5.74, 6) is -1.13. The van der Waals surface area contributed by atoms with E-state index in [1.165, 1.54) is 7.11 Å². The van der Waals surface area contributed by atoms with Gasteiger partial charge in [0.15, 0.2) is 5.15 Å². The maximum atomic E-state index is 13.4. The van der Waals surface area contributed by atoms with Gasteiger partial charge in [0.2, 0.25) is 5.82 Å². The van der Waals surface area contributed by atoms with Crippen molar-refractivity contribution >= 4 is 11.6 Å². The Kier molecular flexibility index (Phi) is 3.35. The summed E-state index contributed by atoms with van der Waals surface area (Å²) in [6, 6.07) is -0.428. The van der Waals surface area contributed by atoms with Crippen LogP contribution in [0.5, 0.6) is 0 Å². The van der Waals surface area contributed by atoms with E-state index >= 15 is 0 Å². The van der Waals surface area contributed by atoms with Crippen LogP contribution < -0.4 is 11.2 Å². The Bertz CT molecular complexity index is 539. The smallest absolute Gasteiger partial charge is 0.329 e. The van der Waals surface area contributed by atoms with E-state index < -0.39 is 28.3 Å². The minimum atomic E-state index is -1.13. The third-order valence-corrected chi connectivity index (χ3v) is 3.35. The van der Waals surface area contributed by atoms with Gasteiger partial charge in [0, 0.05) is 7.11 Å². The molecular formula is C10H12ClFN2O3. The lowest BCUT2D eigenvalue weighted by molar-refractivity contribution is 0.0718. The van der Waals surface area contributed by atoms with Crippen LogP contribution in [0.1, 0.15) is 25.3 Å². The Hall–Kier alpha value is -1.14. The van der Waals surface area contributed by atoms with Crippen molar-refractivity contribution in [2.75, 3.05) is 7.11 Å². The number of hydrogen-bond acceptors (Lipinski definition) is 3. The summed E-state index contributed by atoms with van der Waals surface area (Å²) in [4.78, 5) is 25.5. The fraction of sp³-hybridized carbons (Fsp3) is 0.600. The van der Waals surface area contributed by atoms with Crippen molar-refractivity contribution in [2.24, 2.45) is 0 Å². The van der Waals surface area contributed by atoms with Crippen molar-refractivity contribution < 1.29 is 9.13 Å². The largest absolute Gasteiger partial charge is 0.379 e. The number of halogens is 2. The maximum absolute atomic E-state index is 13.4. The lowest BCUT2D eigenvalue weighted by Gasteiger charge is -2.19. The minimum Gasteiger partial charge on any atom is -0.379 e. The summed E-state index contributed by atoms with van der Waals surface area (Å²) in [7, 11) is 1.51. The molecule has 0 amide bonds. The maximum Gasteiger partial charge on any atom is 0.329 e. The van der Waals surface area contributed by atoms with Crippen molar-refractivity contribution in [3.63, 3.8) is 0 Å². The standard InChI is InChI=1S/C10H12ClFN2O3/c1-17-6-4-2-3-5(6)14-9(15)7(12)8(11)13-10(14)16/h5-6H,2-4H2,1H3,(H,13,16). The van der Waals surface area contributed by atoms with Gasteiger partial charge < -0.3 is 4.74 Å². The van der Waals surface area contributed by atoms with Gasteiger partial charge in [0.1, 0.15) is 0 Å². The summed E-state index contributed by atoms with van der Waals surface area (Å²) in [5, 5.41) is -0.553. The van der Waals surface area contributed by atoms with Gasteiger partial charge in [-0.3, -0.25) is 14.3 Å². The molecule has 1 fully saturated rings. The van der Waals surface area contributed by atoms with E-state index in [0.29, 0.717) is 6.42 Å². The molecule has 0 bridgehead atoms. The number of H-pyrrole nitrogens is 1. The van der Waals surface area contributed by atoms with Crippen LogP contribution in [-0.2, 0) is 4.74 Å². The quantitative estimate of drug-likeness (QED) is 0.811. The van der Waals surface area contributed by atoms with E-state index in [0.717, 1.165) is 17.4 Å². The third-order valence-electron chi connectivity index (χ3n) is 3.09. The highest BCUT2D eigenvalue weighted by Crippen LogP contribution is 2.30. The van der Waals surface area contributed by atoms with E-state index in [9.17, 15) is 14.0 Å². The average Bonchev–Trinajstić information content (AvgIpc) is 2.74. The monoisotopic (exact) mass is 262 g/mol. The Morgan fingerprint density at radius 2 is 2.18 bits per heavy atom. The van der Waals surface area contributed by atoms with Crippen molar-refractivity contribution in [1.29, 1.82) is 0 Å². The number of methoxy groups -OCH3 is 1. The first-order chi connectivity index (χ1) is 8.06. The van der Waals surface area contributed by atoms with E-state index in [1.54, 1.807) is 0 Å². The van der Waals surface area contributed by atoms with Crippen LogP contribution in [0.3, 0.4) is 0 Å². The van der Waals surface area contributed by atoms with E-state index in [-0.39, 0.29) is 6.10 Å². The Balaban J connectivity index is 2.56. The predicted octanol–water partition coefficient (Wildman–Crippen LogP) is 1.07. The van der Waals surface area contributed by atoms with Gasteiger partial charge in [-0.25, -0.2) is 4.79 Å². The number of nitrogens with zero attached hydrogens (tertiary/aromatic N) is 1. The molecule has 0 spiro atoms. The fourth-order valence-electron chi connectivity index (χ4n) is 2.28. The Labute approximate surface area is 101 Å². The Morgan fingerprint density at radius 3 is 2.82 bits per heavy atom. The van der Waals surface area contributed by atoms with Crippen LogP contribution in [0.2, 0.25) is 5.15 Å². The predicted molar refractivity (Wildman–Crippen MR) is 60.0 cm³/mol. The zero-order chi connectivity index (χ0) is 12.6. The first kappa shape index (κ1) is 12.3. The number of rotatable bonds is 2. The highest BCUT2D eigenvalue weighted by atomic mass is 35.5. The van der Waals surface area contributed by atoms with Gasteiger partial charge in [-0.05, 0) is 19.3 Å². The van der Waals surface area contributed by atoms with Crippen LogP contribution in [0.15, 0.2) is 9.59 Å². The normalized spacial score (nSPS) is 24.2. The molecule has 17 heavy (non-hydrogen) atoms. The molecular weight excluding hydrogens is 251 g/mol. The molecule has 5 nitrogen and oxygen atoms in total. The topological polar surface area (TPSA) is 64.1 Å². The van der Waals surface area contributed by atoms with Crippen molar-refractivity contribution in [3.05, 3.63) is 31.8 Å². The lowest BCUT2D eigenvalue weighted by Crippen LogP contribution is -2.42. The number of nitrogens with one attached hydrogen (secondary N) is 1. The molecule has 2 unspecified atom stereocenters. The second kappa shape index (κ2) is 4.62. The van der Waals surface area contributed by atoms with Crippen LogP contribution >= 0.6 is 11.6 Å². The second-order valence-electron chi connectivity index (χ2n) is 4.01. The second-order valence-corrected chi connectivity index (χ2v) is 4.38. The van der Waals surface area contributed by atoms with Crippen molar-refractivity contribution in [2.45, 2.75) is 31.4 Å². The highest BCUT2D eigenvalue weighted by molar-refractivity contribution is 6.29. The zero-order valence-electron chi connectivity index (χ0n) is 9.20.